The molecule has 0 spiro atoms. The predicted molar refractivity (Wildman–Crippen MR) is 85.9 cm³/mol. The SMILES string of the molecule is CN(CN1CCOCC1)C(=O)Oc1cccc2c1OC(C)(C)C2. The lowest BCUT2D eigenvalue weighted by molar-refractivity contribution is 0.0170. The summed E-state index contributed by atoms with van der Waals surface area (Å²) in [6.07, 6.45) is 0.440. The molecule has 2 aliphatic rings. The van der Waals surface area contributed by atoms with Crippen molar-refractivity contribution in [2.24, 2.45) is 0 Å². The lowest BCUT2D eigenvalue weighted by Crippen LogP contribution is -2.45. The number of morpholine rings is 1. The van der Waals surface area contributed by atoms with Crippen LogP contribution in [0.2, 0.25) is 0 Å². The summed E-state index contributed by atoms with van der Waals surface area (Å²) in [5.74, 6) is 1.18. The molecule has 3 rings (SSSR count). The van der Waals surface area contributed by atoms with Crippen LogP contribution in [0.1, 0.15) is 19.4 Å². The number of nitrogens with zero attached hydrogens (tertiary/aromatic N) is 2. The maximum atomic E-state index is 12.3. The predicted octanol–water partition coefficient (Wildman–Crippen LogP) is 2.12. The van der Waals surface area contributed by atoms with Crippen molar-refractivity contribution in [3.8, 4) is 11.5 Å². The summed E-state index contributed by atoms with van der Waals surface area (Å²) in [5, 5.41) is 0. The molecule has 6 nitrogen and oxygen atoms in total. The number of amides is 1. The Balaban J connectivity index is 1.63. The molecule has 2 aliphatic heterocycles. The molecule has 0 atom stereocenters. The summed E-state index contributed by atoms with van der Waals surface area (Å²) in [7, 11) is 1.74. The van der Waals surface area contributed by atoms with Crippen molar-refractivity contribution in [1.82, 2.24) is 9.80 Å². The molecular weight excluding hydrogens is 296 g/mol. The van der Waals surface area contributed by atoms with Crippen LogP contribution in [0.15, 0.2) is 18.2 Å². The van der Waals surface area contributed by atoms with Crippen LogP contribution in [-0.2, 0) is 11.2 Å². The molecule has 1 aromatic carbocycles. The first kappa shape index (κ1) is 16.1. The molecule has 1 aromatic rings. The summed E-state index contributed by atoms with van der Waals surface area (Å²) < 4.78 is 16.8. The number of rotatable bonds is 3. The zero-order valence-corrected chi connectivity index (χ0v) is 14.0. The Morgan fingerprint density at radius 3 is 2.83 bits per heavy atom. The first-order valence-corrected chi connectivity index (χ1v) is 7.98. The van der Waals surface area contributed by atoms with E-state index in [-0.39, 0.29) is 11.7 Å². The summed E-state index contributed by atoms with van der Waals surface area (Å²) in [6.45, 7) is 7.66. The zero-order chi connectivity index (χ0) is 16.4. The normalized spacial score (nSPS) is 19.8. The standard InChI is InChI=1S/C17H24N2O4/c1-17(2)11-13-5-4-6-14(15(13)23-17)22-16(20)18(3)12-19-7-9-21-10-8-19/h4-6H,7-12H2,1-3H3. The molecule has 0 aromatic heterocycles. The van der Waals surface area contributed by atoms with E-state index in [0.717, 1.165) is 25.1 Å². The third kappa shape index (κ3) is 3.76. The molecule has 0 radical (unpaired) electrons. The van der Waals surface area contributed by atoms with Crippen molar-refractivity contribution >= 4 is 6.09 Å². The topological polar surface area (TPSA) is 51.2 Å². The molecule has 23 heavy (non-hydrogen) atoms. The van der Waals surface area contributed by atoms with E-state index in [1.54, 1.807) is 18.0 Å². The van der Waals surface area contributed by atoms with E-state index in [1.807, 2.05) is 26.0 Å². The van der Waals surface area contributed by atoms with E-state index in [2.05, 4.69) is 4.90 Å². The number of hydrogen-bond acceptors (Lipinski definition) is 5. The van der Waals surface area contributed by atoms with Gasteiger partial charge in [0, 0.05) is 32.1 Å². The second-order valence-electron chi connectivity index (χ2n) is 6.72. The fourth-order valence-corrected chi connectivity index (χ4v) is 2.94. The van der Waals surface area contributed by atoms with Crippen molar-refractivity contribution in [2.45, 2.75) is 25.9 Å². The summed E-state index contributed by atoms with van der Waals surface area (Å²) in [5.41, 5.74) is 0.820. The van der Waals surface area contributed by atoms with Gasteiger partial charge in [-0.15, -0.1) is 0 Å². The number of hydrogen-bond donors (Lipinski definition) is 0. The molecule has 126 valence electrons. The van der Waals surface area contributed by atoms with Crippen LogP contribution >= 0.6 is 0 Å². The third-order valence-electron chi connectivity index (χ3n) is 4.08. The van der Waals surface area contributed by atoms with Gasteiger partial charge in [0.1, 0.15) is 5.60 Å². The monoisotopic (exact) mass is 320 g/mol. The van der Waals surface area contributed by atoms with Gasteiger partial charge in [0.05, 0.1) is 19.9 Å². The molecule has 6 heteroatoms. The van der Waals surface area contributed by atoms with E-state index in [9.17, 15) is 4.79 Å². The maximum Gasteiger partial charge on any atom is 0.416 e. The number of para-hydroxylation sites is 1. The molecule has 2 heterocycles. The minimum absolute atomic E-state index is 0.259. The maximum absolute atomic E-state index is 12.3. The second-order valence-corrected chi connectivity index (χ2v) is 6.72. The first-order valence-electron chi connectivity index (χ1n) is 7.98. The Kier molecular flexibility index (Phi) is 4.46. The largest absolute Gasteiger partial charge is 0.483 e. The van der Waals surface area contributed by atoms with Gasteiger partial charge in [-0.05, 0) is 19.9 Å². The van der Waals surface area contributed by atoms with Gasteiger partial charge in [0.2, 0.25) is 0 Å². The highest BCUT2D eigenvalue weighted by Gasteiger charge is 2.33. The highest BCUT2D eigenvalue weighted by molar-refractivity contribution is 5.72. The average Bonchev–Trinajstić information content (AvgIpc) is 2.83. The van der Waals surface area contributed by atoms with Gasteiger partial charge in [-0.1, -0.05) is 12.1 Å². The van der Waals surface area contributed by atoms with Crippen LogP contribution in [0.3, 0.4) is 0 Å². The van der Waals surface area contributed by atoms with Gasteiger partial charge >= 0.3 is 6.09 Å². The summed E-state index contributed by atoms with van der Waals surface area (Å²) in [4.78, 5) is 16.1. The summed E-state index contributed by atoms with van der Waals surface area (Å²) in [6, 6.07) is 5.69. The zero-order valence-electron chi connectivity index (χ0n) is 14.0. The molecule has 1 fully saturated rings. The molecule has 1 amide bonds. The van der Waals surface area contributed by atoms with Crippen LogP contribution in [0.4, 0.5) is 4.79 Å². The number of carbonyl (C=O) groups excluding carboxylic acids is 1. The molecule has 0 saturated carbocycles. The highest BCUT2D eigenvalue weighted by Crippen LogP contribution is 2.41. The van der Waals surface area contributed by atoms with E-state index < -0.39 is 0 Å². The number of ether oxygens (including phenoxy) is 3. The third-order valence-corrected chi connectivity index (χ3v) is 4.08. The fourth-order valence-electron chi connectivity index (χ4n) is 2.94. The molecule has 0 unspecified atom stereocenters. The van der Waals surface area contributed by atoms with Crippen LogP contribution in [0.25, 0.3) is 0 Å². The molecular formula is C17H24N2O4. The molecule has 0 aliphatic carbocycles. The Bertz CT molecular complexity index is 582. The highest BCUT2D eigenvalue weighted by atomic mass is 16.6. The Morgan fingerprint density at radius 1 is 1.35 bits per heavy atom. The van der Waals surface area contributed by atoms with Crippen LogP contribution in [0, 0.1) is 0 Å². The lowest BCUT2D eigenvalue weighted by Gasteiger charge is -2.30. The van der Waals surface area contributed by atoms with Crippen LogP contribution in [0.5, 0.6) is 11.5 Å². The van der Waals surface area contributed by atoms with E-state index in [1.165, 1.54) is 0 Å². The van der Waals surface area contributed by atoms with E-state index in [0.29, 0.717) is 31.4 Å². The Morgan fingerprint density at radius 2 is 2.09 bits per heavy atom. The van der Waals surface area contributed by atoms with Crippen molar-refractivity contribution in [3.05, 3.63) is 23.8 Å². The van der Waals surface area contributed by atoms with E-state index in [4.69, 9.17) is 14.2 Å². The minimum Gasteiger partial charge on any atom is -0.483 e. The van der Waals surface area contributed by atoms with Gasteiger partial charge in [-0.2, -0.15) is 0 Å². The number of fused-ring (bicyclic) bond motifs is 1. The second kappa shape index (κ2) is 6.37. The summed E-state index contributed by atoms with van der Waals surface area (Å²) >= 11 is 0. The molecule has 0 N–H and O–H groups in total. The minimum atomic E-state index is -0.377. The van der Waals surface area contributed by atoms with E-state index >= 15 is 0 Å². The van der Waals surface area contributed by atoms with Gasteiger partial charge < -0.3 is 14.2 Å². The van der Waals surface area contributed by atoms with Gasteiger partial charge in [0.15, 0.2) is 11.5 Å². The molecule has 1 saturated heterocycles. The fraction of sp³-hybridized carbons (Fsp3) is 0.588. The van der Waals surface area contributed by atoms with Crippen LogP contribution < -0.4 is 9.47 Å². The molecule has 0 bridgehead atoms. The lowest BCUT2D eigenvalue weighted by atomic mass is 10.0. The number of benzene rings is 1. The Labute approximate surface area is 136 Å². The van der Waals surface area contributed by atoms with Gasteiger partial charge in [-0.3, -0.25) is 9.80 Å². The van der Waals surface area contributed by atoms with Crippen molar-refractivity contribution < 1.29 is 19.0 Å². The first-order chi connectivity index (χ1) is 10.9. The van der Waals surface area contributed by atoms with Gasteiger partial charge in [0.25, 0.3) is 0 Å². The number of carbonyl (C=O) groups is 1. The smallest absolute Gasteiger partial charge is 0.416 e. The Hall–Kier alpha value is -1.79. The van der Waals surface area contributed by atoms with Gasteiger partial charge in [-0.25, -0.2) is 4.79 Å². The van der Waals surface area contributed by atoms with Crippen molar-refractivity contribution in [2.75, 3.05) is 40.0 Å². The van der Waals surface area contributed by atoms with Crippen molar-refractivity contribution in [1.29, 1.82) is 0 Å². The van der Waals surface area contributed by atoms with Crippen LogP contribution in [-0.4, -0.2) is 61.5 Å². The quantitative estimate of drug-likeness (QED) is 0.854. The van der Waals surface area contributed by atoms with Crippen molar-refractivity contribution in [3.63, 3.8) is 0 Å². The average molecular weight is 320 g/mol.